The van der Waals surface area contributed by atoms with E-state index in [9.17, 15) is 43.9 Å². The van der Waals surface area contributed by atoms with Gasteiger partial charge in [-0.15, -0.1) is 0 Å². The zero-order valence-electron chi connectivity index (χ0n) is 16.2. The van der Waals surface area contributed by atoms with Crippen LogP contribution in [0, 0.1) is 58.2 Å². The molecule has 0 heterocycles. The van der Waals surface area contributed by atoms with Gasteiger partial charge in [-0.2, -0.15) is 0 Å². The molecule has 0 spiro atoms. The highest BCUT2D eigenvalue weighted by Gasteiger charge is 2.26. The standard InChI is InChI=1S/C19H12F10N2O2/c20-10-8(11(21)15(25)18(28)14(10)24)6-32-30-4-2-1-3-5-31-33-7-9-12(22)16(26)19(29)17(27)13(9)23/h4-5H,1-3,6-7H2/b30-4-,31-5-. The van der Waals surface area contributed by atoms with Crippen LogP contribution in [0.4, 0.5) is 43.9 Å². The molecular formula is C19H12F10N2O2. The molecule has 2 aromatic carbocycles. The van der Waals surface area contributed by atoms with E-state index in [0.717, 1.165) is 12.4 Å². The van der Waals surface area contributed by atoms with E-state index in [-0.39, 0.29) is 12.8 Å². The van der Waals surface area contributed by atoms with E-state index in [1.807, 2.05) is 0 Å². The second-order valence-electron chi connectivity index (χ2n) is 6.15. The number of benzene rings is 2. The molecule has 4 nitrogen and oxygen atoms in total. The maximum atomic E-state index is 13.4. The lowest BCUT2D eigenvalue weighted by Crippen LogP contribution is -2.07. The Kier molecular flexibility index (Phi) is 9.05. The van der Waals surface area contributed by atoms with Crippen molar-refractivity contribution in [2.45, 2.75) is 32.5 Å². The van der Waals surface area contributed by atoms with Gasteiger partial charge >= 0.3 is 0 Å². The Balaban J connectivity index is 1.73. The van der Waals surface area contributed by atoms with Crippen molar-refractivity contribution in [1.29, 1.82) is 0 Å². The van der Waals surface area contributed by atoms with Crippen LogP contribution in [0.25, 0.3) is 0 Å². The largest absolute Gasteiger partial charge is 0.391 e. The molecule has 0 saturated carbocycles. The predicted molar refractivity (Wildman–Crippen MR) is 92.9 cm³/mol. The van der Waals surface area contributed by atoms with Gasteiger partial charge in [-0.05, 0) is 19.3 Å². The number of hydrogen-bond acceptors (Lipinski definition) is 4. The molecule has 0 bridgehead atoms. The summed E-state index contributed by atoms with van der Waals surface area (Å²) in [4.78, 5) is 8.98. The Morgan fingerprint density at radius 3 is 1.03 bits per heavy atom. The summed E-state index contributed by atoms with van der Waals surface area (Å²) in [5, 5.41) is 6.58. The van der Waals surface area contributed by atoms with E-state index in [2.05, 4.69) is 20.0 Å². The van der Waals surface area contributed by atoms with Crippen LogP contribution in [0.2, 0.25) is 0 Å². The highest BCUT2D eigenvalue weighted by Crippen LogP contribution is 2.24. The van der Waals surface area contributed by atoms with Crippen molar-refractivity contribution < 1.29 is 53.6 Å². The Hall–Kier alpha value is -3.32. The van der Waals surface area contributed by atoms with E-state index < -0.39 is 82.5 Å². The van der Waals surface area contributed by atoms with Crippen LogP contribution in [0.5, 0.6) is 0 Å². The van der Waals surface area contributed by atoms with Crippen LogP contribution in [0.15, 0.2) is 10.3 Å². The monoisotopic (exact) mass is 490 g/mol. The first kappa shape index (κ1) is 25.9. The molecule has 0 radical (unpaired) electrons. The molecule has 0 aliphatic rings. The molecule has 33 heavy (non-hydrogen) atoms. The Bertz CT molecular complexity index is 934. The van der Waals surface area contributed by atoms with Gasteiger partial charge in [0.05, 0.1) is 11.1 Å². The first-order chi connectivity index (χ1) is 15.6. The van der Waals surface area contributed by atoms with Crippen molar-refractivity contribution in [3.63, 3.8) is 0 Å². The normalized spacial score (nSPS) is 11.7. The Morgan fingerprint density at radius 1 is 0.455 bits per heavy atom. The molecule has 0 aromatic heterocycles. The number of hydrogen-bond donors (Lipinski definition) is 0. The van der Waals surface area contributed by atoms with Crippen LogP contribution in [0.1, 0.15) is 30.4 Å². The number of rotatable bonds is 10. The fraction of sp³-hybridized carbons (Fsp3) is 0.263. The summed E-state index contributed by atoms with van der Waals surface area (Å²) in [5.41, 5.74) is -2.39. The molecule has 2 rings (SSSR count). The van der Waals surface area contributed by atoms with Crippen LogP contribution >= 0.6 is 0 Å². The topological polar surface area (TPSA) is 43.2 Å². The molecule has 14 heteroatoms. The summed E-state index contributed by atoms with van der Waals surface area (Å²) < 4.78 is 132. The highest BCUT2D eigenvalue weighted by atomic mass is 19.2. The van der Waals surface area contributed by atoms with Gasteiger partial charge in [-0.1, -0.05) is 10.3 Å². The molecule has 0 N–H and O–H groups in total. The quantitative estimate of drug-likeness (QED) is 0.103. The van der Waals surface area contributed by atoms with Gasteiger partial charge in [0.25, 0.3) is 0 Å². The molecule has 0 fully saturated rings. The average Bonchev–Trinajstić information content (AvgIpc) is 2.81. The number of unbranched alkanes of at least 4 members (excludes halogenated alkanes) is 2. The van der Waals surface area contributed by atoms with E-state index >= 15 is 0 Å². The van der Waals surface area contributed by atoms with Crippen molar-refractivity contribution in [2.75, 3.05) is 0 Å². The van der Waals surface area contributed by atoms with Crippen LogP contribution in [0.3, 0.4) is 0 Å². The van der Waals surface area contributed by atoms with Gasteiger partial charge in [-0.25, -0.2) is 43.9 Å². The molecule has 0 aliphatic heterocycles. The molecule has 0 saturated heterocycles. The molecule has 0 aliphatic carbocycles. The first-order valence-electron chi connectivity index (χ1n) is 8.87. The van der Waals surface area contributed by atoms with Crippen molar-refractivity contribution in [2.24, 2.45) is 10.3 Å². The van der Waals surface area contributed by atoms with Gasteiger partial charge in [0.15, 0.2) is 46.5 Å². The van der Waals surface area contributed by atoms with E-state index in [0.29, 0.717) is 6.42 Å². The SMILES string of the molecule is Fc1c(F)c(F)c(CO/N=C\CCC/C=N\OCc2c(F)c(F)c(F)c(F)c2F)c(F)c1F. The third-order valence-electron chi connectivity index (χ3n) is 3.98. The molecule has 0 amide bonds. The highest BCUT2D eigenvalue weighted by molar-refractivity contribution is 5.59. The number of oxime groups is 2. The molecule has 0 atom stereocenters. The van der Waals surface area contributed by atoms with Gasteiger partial charge in [0, 0.05) is 12.4 Å². The second kappa shape index (κ2) is 11.5. The smallest absolute Gasteiger partial charge is 0.200 e. The van der Waals surface area contributed by atoms with Crippen molar-refractivity contribution in [3.05, 3.63) is 69.3 Å². The zero-order valence-corrected chi connectivity index (χ0v) is 16.2. The fourth-order valence-corrected chi connectivity index (χ4v) is 2.27. The Labute approximate surface area is 179 Å². The summed E-state index contributed by atoms with van der Waals surface area (Å²) in [7, 11) is 0. The maximum absolute atomic E-state index is 13.4. The lowest BCUT2D eigenvalue weighted by molar-refractivity contribution is 0.123. The average molecular weight is 490 g/mol. The van der Waals surface area contributed by atoms with Gasteiger partial charge in [0.2, 0.25) is 11.6 Å². The third kappa shape index (κ3) is 5.93. The fourth-order valence-electron chi connectivity index (χ4n) is 2.27. The van der Waals surface area contributed by atoms with Gasteiger partial charge < -0.3 is 9.68 Å². The van der Waals surface area contributed by atoms with Crippen LogP contribution in [-0.4, -0.2) is 12.4 Å². The van der Waals surface area contributed by atoms with Crippen molar-refractivity contribution in [1.82, 2.24) is 0 Å². The summed E-state index contributed by atoms with van der Waals surface area (Å²) in [5.74, 6) is -21.2. The van der Waals surface area contributed by atoms with E-state index in [1.54, 1.807) is 0 Å². The molecule has 0 unspecified atom stereocenters. The Morgan fingerprint density at radius 2 is 0.727 bits per heavy atom. The first-order valence-corrected chi connectivity index (χ1v) is 8.87. The number of nitrogens with zero attached hydrogens (tertiary/aromatic N) is 2. The van der Waals surface area contributed by atoms with Crippen LogP contribution in [-0.2, 0) is 22.9 Å². The summed E-state index contributed by atoms with van der Waals surface area (Å²) >= 11 is 0. The lowest BCUT2D eigenvalue weighted by Gasteiger charge is -2.06. The molecular weight excluding hydrogens is 478 g/mol. The summed E-state index contributed by atoms with van der Waals surface area (Å²) in [6.45, 7) is -2.04. The maximum Gasteiger partial charge on any atom is 0.200 e. The van der Waals surface area contributed by atoms with E-state index in [1.165, 1.54) is 0 Å². The lowest BCUT2D eigenvalue weighted by atomic mass is 10.2. The minimum Gasteiger partial charge on any atom is -0.391 e. The van der Waals surface area contributed by atoms with Crippen molar-refractivity contribution in [3.8, 4) is 0 Å². The third-order valence-corrected chi connectivity index (χ3v) is 3.98. The minimum atomic E-state index is -2.30. The van der Waals surface area contributed by atoms with Gasteiger partial charge in [-0.3, -0.25) is 0 Å². The zero-order chi connectivity index (χ0) is 24.7. The summed E-state index contributed by atoms with van der Waals surface area (Å²) in [6, 6.07) is 0. The van der Waals surface area contributed by atoms with E-state index in [4.69, 9.17) is 0 Å². The van der Waals surface area contributed by atoms with Crippen LogP contribution < -0.4 is 0 Å². The second-order valence-corrected chi connectivity index (χ2v) is 6.15. The predicted octanol–water partition coefficient (Wildman–Crippen LogP) is 5.95. The van der Waals surface area contributed by atoms with Crippen molar-refractivity contribution >= 4 is 12.4 Å². The van der Waals surface area contributed by atoms with Gasteiger partial charge in [0.1, 0.15) is 13.2 Å². The molecule has 2 aromatic rings. The summed E-state index contributed by atoms with van der Waals surface area (Å²) in [6.07, 6.45) is 2.96. The number of halogens is 10. The minimum absolute atomic E-state index is 0.195. The molecule has 180 valence electrons.